The van der Waals surface area contributed by atoms with Gasteiger partial charge in [0.1, 0.15) is 0 Å². The van der Waals surface area contributed by atoms with Crippen LogP contribution >= 0.6 is 15.9 Å². The molecule has 1 aromatic carbocycles. The van der Waals surface area contributed by atoms with Gasteiger partial charge < -0.3 is 14.8 Å². The Labute approximate surface area is 118 Å². The Hall–Kier alpha value is -0.740. The highest BCUT2D eigenvalue weighted by atomic mass is 79.9. The van der Waals surface area contributed by atoms with Crippen LogP contribution in [-0.2, 0) is 6.54 Å². The van der Waals surface area contributed by atoms with Crippen LogP contribution in [0, 0.1) is 0 Å². The Morgan fingerprint density at radius 1 is 1.33 bits per heavy atom. The molecule has 1 unspecified atom stereocenters. The maximum absolute atomic E-state index is 5.88. The number of benzene rings is 1. The van der Waals surface area contributed by atoms with E-state index in [-0.39, 0.29) is 6.10 Å². The van der Waals surface area contributed by atoms with Crippen LogP contribution in [0.3, 0.4) is 0 Å². The molecule has 102 valence electrons. The van der Waals surface area contributed by atoms with E-state index in [1.54, 1.807) is 7.11 Å². The smallest absolute Gasteiger partial charge is 0.175 e. The zero-order valence-electron chi connectivity index (χ0n) is 11.5. The summed E-state index contributed by atoms with van der Waals surface area (Å²) in [6.07, 6.45) is 1.14. The van der Waals surface area contributed by atoms with E-state index in [0.717, 1.165) is 35.5 Å². The fourth-order valence-corrected chi connectivity index (χ4v) is 2.13. The molecule has 0 heterocycles. The molecule has 1 rings (SSSR count). The first-order valence-electron chi connectivity index (χ1n) is 6.36. The van der Waals surface area contributed by atoms with Crippen molar-refractivity contribution < 1.29 is 9.47 Å². The maximum Gasteiger partial charge on any atom is 0.175 e. The minimum absolute atomic E-state index is 0.176. The van der Waals surface area contributed by atoms with Gasteiger partial charge in [-0.25, -0.2) is 0 Å². The van der Waals surface area contributed by atoms with Gasteiger partial charge in [-0.05, 0) is 53.5 Å². The van der Waals surface area contributed by atoms with Crippen molar-refractivity contribution in [3.8, 4) is 11.5 Å². The fourth-order valence-electron chi connectivity index (χ4n) is 1.54. The van der Waals surface area contributed by atoms with Gasteiger partial charge in [-0.2, -0.15) is 0 Å². The van der Waals surface area contributed by atoms with Crippen molar-refractivity contribution in [2.45, 2.75) is 39.8 Å². The summed E-state index contributed by atoms with van der Waals surface area (Å²) < 4.78 is 12.2. The van der Waals surface area contributed by atoms with Crippen molar-refractivity contribution in [1.82, 2.24) is 5.32 Å². The molecule has 1 N–H and O–H groups in total. The third kappa shape index (κ3) is 4.18. The predicted molar refractivity (Wildman–Crippen MR) is 78.5 cm³/mol. The highest BCUT2D eigenvalue weighted by molar-refractivity contribution is 9.10. The topological polar surface area (TPSA) is 30.5 Å². The second-order valence-corrected chi connectivity index (χ2v) is 5.08. The van der Waals surface area contributed by atoms with Gasteiger partial charge >= 0.3 is 0 Å². The molecule has 0 saturated carbocycles. The molecule has 0 spiro atoms. The van der Waals surface area contributed by atoms with Crippen LogP contribution in [0.5, 0.6) is 11.5 Å². The van der Waals surface area contributed by atoms with Crippen LogP contribution < -0.4 is 14.8 Å². The molecular weight excluding hydrogens is 294 g/mol. The third-order valence-corrected chi connectivity index (χ3v) is 3.35. The molecule has 1 atom stereocenters. The van der Waals surface area contributed by atoms with E-state index in [9.17, 15) is 0 Å². The average molecular weight is 316 g/mol. The number of rotatable bonds is 7. The second-order valence-electron chi connectivity index (χ2n) is 4.23. The van der Waals surface area contributed by atoms with E-state index in [1.807, 2.05) is 6.07 Å². The van der Waals surface area contributed by atoms with Gasteiger partial charge in [0, 0.05) is 6.54 Å². The zero-order valence-corrected chi connectivity index (χ0v) is 13.1. The maximum atomic E-state index is 5.88. The van der Waals surface area contributed by atoms with Crippen molar-refractivity contribution in [1.29, 1.82) is 0 Å². The van der Waals surface area contributed by atoms with E-state index < -0.39 is 0 Å². The normalized spacial score (nSPS) is 12.3. The molecule has 18 heavy (non-hydrogen) atoms. The molecule has 3 nitrogen and oxygen atoms in total. The number of methoxy groups -OCH3 is 1. The number of nitrogens with one attached hydrogen (secondary N) is 1. The summed E-state index contributed by atoms with van der Waals surface area (Å²) >= 11 is 3.56. The Balaban J connectivity index is 2.96. The van der Waals surface area contributed by atoms with Crippen molar-refractivity contribution in [2.75, 3.05) is 13.7 Å². The molecule has 1 aromatic rings. The molecule has 0 aliphatic heterocycles. The summed E-state index contributed by atoms with van der Waals surface area (Å²) in [5.41, 5.74) is 1.18. The Morgan fingerprint density at radius 3 is 2.61 bits per heavy atom. The highest BCUT2D eigenvalue weighted by Crippen LogP contribution is 2.37. The summed E-state index contributed by atoms with van der Waals surface area (Å²) in [5.74, 6) is 1.56. The number of hydrogen-bond acceptors (Lipinski definition) is 3. The first-order valence-corrected chi connectivity index (χ1v) is 7.15. The molecule has 0 bridgehead atoms. The summed E-state index contributed by atoms with van der Waals surface area (Å²) in [5, 5.41) is 3.30. The predicted octanol–water partition coefficient (Wildman–Crippen LogP) is 3.74. The van der Waals surface area contributed by atoms with Crippen LogP contribution in [0.4, 0.5) is 0 Å². The van der Waals surface area contributed by atoms with E-state index in [2.05, 4.69) is 48.1 Å². The lowest BCUT2D eigenvalue weighted by Crippen LogP contribution is -2.13. The Morgan fingerprint density at radius 2 is 2.06 bits per heavy atom. The quantitative estimate of drug-likeness (QED) is 0.831. The lowest BCUT2D eigenvalue weighted by Gasteiger charge is -2.18. The fraction of sp³-hybridized carbons (Fsp3) is 0.571. The summed E-state index contributed by atoms with van der Waals surface area (Å²) in [6, 6.07) is 4.09. The van der Waals surface area contributed by atoms with Crippen molar-refractivity contribution in [2.24, 2.45) is 0 Å². The van der Waals surface area contributed by atoms with E-state index >= 15 is 0 Å². The number of ether oxygens (including phenoxy) is 2. The van der Waals surface area contributed by atoms with Gasteiger partial charge in [0.05, 0.1) is 17.7 Å². The van der Waals surface area contributed by atoms with Gasteiger partial charge in [-0.1, -0.05) is 13.8 Å². The molecular formula is C14H22BrNO2. The second kappa shape index (κ2) is 7.64. The van der Waals surface area contributed by atoms with Gasteiger partial charge in [-0.3, -0.25) is 0 Å². The largest absolute Gasteiger partial charge is 0.493 e. The summed E-state index contributed by atoms with van der Waals surface area (Å²) in [4.78, 5) is 0. The third-order valence-electron chi connectivity index (χ3n) is 2.76. The standard InChI is InChI=1S/C14H22BrNO2/c1-5-10(3)18-14-12(15)7-11(9-16-6-2)8-13(14)17-4/h7-8,10,16H,5-6,9H2,1-4H3. The minimum atomic E-state index is 0.176. The van der Waals surface area contributed by atoms with E-state index in [0.29, 0.717) is 0 Å². The SMILES string of the molecule is CCNCc1cc(Br)c(OC(C)CC)c(OC)c1. The molecule has 0 aromatic heterocycles. The molecule has 0 radical (unpaired) electrons. The molecule has 0 amide bonds. The monoisotopic (exact) mass is 315 g/mol. The molecule has 0 aliphatic rings. The number of hydrogen-bond donors (Lipinski definition) is 1. The Kier molecular flexibility index (Phi) is 6.50. The summed E-state index contributed by atoms with van der Waals surface area (Å²) in [7, 11) is 1.67. The van der Waals surface area contributed by atoms with Gasteiger partial charge in [-0.15, -0.1) is 0 Å². The van der Waals surface area contributed by atoms with Gasteiger partial charge in [0.25, 0.3) is 0 Å². The zero-order chi connectivity index (χ0) is 13.5. The van der Waals surface area contributed by atoms with Crippen molar-refractivity contribution in [3.63, 3.8) is 0 Å². The van der Waals surface area contributed by atoms with Crippen LogP contribution in [-0.4, -0.2) is 19.8 Å². The van der Waals surface area contributed by atoms with E-state index in [4.69, 9.17) is 9.47 Å². The molecule has 0 aliphatic carbocycles. The summed E-state index contributed by atoms with van der Waals surface area (Å²) in [6.45, 7) is 8.02. The molecule has 0 fully saturated rings. The first kappa shape index (κ1) is 15.3. The molecule has 0 saturated heterocycles. The van der Waals surface area contributed by atoms with Gasteiger partial charge in [0.15, 0.2) is 11.5 Å². The molecule has 4 heteroatoms. The van der Waals surface area contributed by atoms with Crippen LogP contribution in [0.25, 0.3) is 0 Å². The minimum Gasteiger partial charge on any atom is -0.493 e. The first-order chi connectivity index (χ1) is 8.62. The van der Waals surface area contributed by atoms with Gasteiger partial charge in [0.2, 0.25) is 0 Å². The lowest BCUT2D eigenvalue weighted by molar-refractivity contribution is 0.206. The average Bonchev–Trinajstić information content (AvgIpc) is 2.38. The lowest BCUT2D eigenvalue weighted by atomic mass is 10.2. The van der Waals surface area contributed by atoms with Crippen LogP contribution in [0.15, 0.2) is 16.6 Å². The Bertz CT molecular complexity index is 382. The van der Waals surface area contributed by atoms with E-state index in [1.165, 1.54) is 5.56 Å². The van der Waals surface area contributed by atoms with Crippen LogP contribution in [0.1, 0.15) is 32.8 Å². The van der Waals surface area contributed by atoms with Crippen molar-refractivity contribution in [3.05, 3.63) is 22.2 Å². The van der Waals surface area contributed by atoms with Crippen molar-refractivity contribution >= 4 is 15.9 Å². The number of halogens is 1. The highest BCUT2D eigenvalue weighted by Gasteiger charge is 2.13. The van der Waals surface area contributed by atoms with Crippen LogP contribution in [0.2, 0.25) is 0 Å².